The second-order valence-electron chi connectivity index (χ2n) is 6.52. The average molecular weight is 275 g/mol. The summed E-state index contributed by atoms with van der Waals surface area (Å²) >= 11 is 0. The molecule has 2 atom stereocenters. The van der Waals surface area contributed by atoms with Gasteiger partial charge in [-0.25, -0.2) is 4.39 Å². The van der Waals surface area contributed by atoms with Crippen molar-refractivity contribution >= 4 is 11.6 Å². The van der Waals surface area contributed by atoms with Crippen LogP contribution in [0.15, 0.2) is 29.8 Å². The predicted molar refractivity (Wildman–Crippen MR) is 80.0 cm³/mol. The second-order valence-corrected chi connectivity index (χ2v) is 6.52. The van der Waals surface area contributed by atoms with E-state index in [1.807, 2.05) is 20.8 Å². The van der Waals surface area contributed by atoms with E-state index in [-0.39, 0.29) is 29.0 Å². The van der Waals surface area contributed by atoms with Crippen molar-refractivity contribution < 1.29 is 9.18 Å². The van der Waals surface area contributed by atoms with Crippen LogP contribution < -0.4 is 5.32 Å². The maximum Gasteiger partial charge on any atom is 0.228 e. The van der Waals surface area contributed by atoms with E-state index in [0.717, 1.165) is 5.56 Å². The Morgan fingerprint density at radius 3 is 2.60 bits per heavy atom. The highest BCUT2D eigenvalue weighted by atomic mass is 19.1. The molecule has 1 aliphatic carbocycles. The standard InChI is InChI=1S/C17H22FNO/c1-10(2)8-13-15(17(13,4)5)16(20)19-14-9-12(18)7-6-11(14)3/h6-9,13,15H,1-5H3,(H,19,20)/t13-,15+/m1/s1. The molecule has 1 fully saturated rings. The number of carbonyl (C=O) groups excluding carboxylic acids is 1. The van der Waals surface area contributed by atoms with Gasteiger partial charge in [-0.05, 0) is 49.8 Å². The number of hydrogen-bond acceptors (Lipinski definition) is 1. The Morgan fingerprint density at radius 1 is 1.35 bits per heavy atom. The number of benzene rings is 1. The first kappa shape index (κ1) is 14.8. The summed E-state index contributed by atoms with van der Waals surface area (Å²) in [6.45, 7) is 10.1. The van der Waals surface area contributed by atoms with Crippen LogP contribution in [0.5, 0.6) is 0 Å². The molecule has 2 nitrogen and oxygen atoms in total. The van der Waals surface area contributed by atoms with Gasteiger partial charge in [0.05, 0.1) is 5.92 Å². The number of hydrogen-bond donors (Lipinski definition) is 1. The van der Waals surface area contributed by atoms with Crippen LogP contribution in [0, 0.1) is 30.0 Å². The lowest BCUT2D eigenvalue weighted by atomic mass is 10.1. The number of anilines is 1. The van der Waals surface area contributed by atoms with Gasteiger partial charge in [-0.15, -0.1) is 0 Å². The van der Waals surface area contributed by atoms with Gasteiger partial charge in [0.1, 0.15) is 5.82 Å². The quantitative estimate of drug-likeness (QED) is 0.818. The smallest absolute Gasteiger partial charge is 0.228 e. The summed E-state index contributed by atoms with van der Waals surface area (Å²) in [6.07, 6.45) is 2.16. The van der Waals surface area contributed by atoms with Crippen molar-refractivity contribution in [3.63, 3.8) is 0 Å². The zero-order valence-corrected chi connectivity index (χ0v) is 12.8. The molecule has 0 radical (unpaired) electrons. The number of allylic oxidation sites excluding steroid dienone is 2. The molecule has 1 N–H and O–H groups in total. The van der Waals surface area contributed by atoms with Gasteiger partial charge in [-0.2, -0.15) is 0 Å². The molecule has 2 rings (SSSR count). The van der Waals surface area contributed by atoms with Crippen LogP contribution in [0.25, 0.3) is 0 Å². The van der Waals surface area contributed by atoms with Crippen LogP contribution in [-0.2, 0) is 4.79 Å². The van der Waals surface area contributed by atoms with Crippen LogP contribution in [0.3, 0.4) is 0 Å². The molecule has 1 aromatic carbocycles. The van der Waals surface area contributed by atoms with Crippen molar-refractivity contribution in [1.82, 2.24) is 0 Å². The molecular weight excluding hydrogens is 253 g/mol. The fraction of sp³-hybridized carbons (Fsp3) is 0.471. The number of rotatable bonds is 3. The van der Waals surface area contributed by atoms with Gasteiger partial charge in [-0.3, -0.25) is 4.79 Å². The van der Waals surface area contributed by atoms with E-state index in [9.17, 15) is 9.18 Å². The summed E-state index contributed by atoms with van der Waals surface area (Å²) in [5, 5.41) is 2.86. The van der Waals surface area contributed by atoms with Crippen molar-refractivity contribution in [3.05, 3.63) is 41.2 Å². The van der Waals surface area contributed by atoms with E-state index in [1.165, 1.54) is 17.7 Å². The molecule has 3 heteroatoms. The molecule has 0 bridgehead atoms. The van der Waals surface area contributed by atoms with Crippen molar-refractivity contribution in [2.45, 2.75) is 34.6 Å². The Morgan fingerprint density at radius 2 is 2.00 bits per heavy atom. The topological polar surface area (TPSA) is 29.1 Å². The Balaban J connectivity index is 2.14. The van der Waals surface area contributed by atoms with Crippen LogP contribution in [0.2, 0.25) is 0 Å². The molecule has 0 unspecified atom stereocenters. The van der Waals surface area contributed by atoms with Gasteiger partial charge >= 0.3 is 0 Å². The number of aryl methyl sites for hydroxylation is 1. The summed E-state index contributed by atoms with van der Waals surface area (Å²) in [7, 11) is 0. The van der Waals surface area contributed by atoms with Gasteiger partial charge in [0.25, 0.3) is 0 Å². The van der Waals surface area contributed by atoms with Crippen LogP contribution in [-0.4, -0.2) is 5.91 Å². The minimum absolute atomic E-state index is 0.0220. The van der Waals surface area contributed by atoms with Crippen molar-refractivity contribution in [2.75, 3.05) is 5.32 Å². The number of nitrogens with one attached hydrogen (secondary N) is 1. The Hall–Kier alpha value is -1.64. The zero-order chi connectivity index (χ0) is 15.1. The first-order chi connectivity index (χ1) is 9.23. The third-order valence-corrected chi connectivity index (χ3v) is 4.16. The molecule has 1 aliphatic rings. The molecule has 20 heavy (non-hydrogen) atoms. The van der Waals surface area contributed by atoms with Gasteiger partial charge < -0.3 is 5.32 Å². The maximum atomic E-state index is 13.3. The minimum atomic E-state index is -0.332. The van der Waals surface area contributed by atoms with E-state index >= 15 is 0 Å². The maximum absolute atomic E-state index is 13.3. The summed E-state index contributed by atoms with van der Waals surface area (Å²) in [5.41, 5.74) is 2.63. The van der Waals surface area contributed by atoms with E-state index in [0.29, 0.717) is 5.69 Å². The highest BCUT2D eigenvalue weighted by Crippen LogP contribution is 2.59. The fourth-order valence-electron chi connectivity index (χ4n) is 2.79. The Labute approximate surface area is 120 Å². The summed E-state index contributed by atoms with van der Waals surface area (Å²) in [6, 6.07) is 4.45. The molecule has 1 aromatic rings. The highest BCUT2D eigenvalue weighted by molar-refractivity contribution is 5.96. The van der Waals surface area contributed by atoms with Crippen molar-refractivity contribution in [1.29, 1.82) is 0 Å². The first-order valence-corrected chi connectivity index (χ1v) is 6.95. The number of amides is 1. The van der Waals surface area contributed by atoms with Crippen molar-refractivity contribution in [3.8, 4) is 0 Å². The molecule has 108 valence electrons. The molecule has 1 amide bonds. The third-order valence-electron chi connectivity index (χ3n) is 4.16. The van der Waals surface area contributed by atoms with Crippen LogP contribution >= 0.6 is 0 Å². The fourth-order valence-corrected chi connectivity index (χ4v) is 2.79. The van der Waals surface area contributed by atoms with E-state index < -0.39 is 0 Å². The molecule has 0 spiro atoms. The summed E-state index contributed by atoms with van der Waals surface area (Å²) in [5.74, 6) is -0.130. The second kappa shape index (κ2) is 5.04. The van der Waals surface area contributed by atoms with E-state index in [1.54, 1.807) is 6.07 Å². The molecule has 0 saturated heterocycles. The first-order valence-electron chi connectivity index (χ1n) is 6.95. The lowest BCUT2D eigenvalue weighted by Gasteiger charge is -2.09. The minimum Gasteiger partial charge on any atom is -0.325 e. The summed E-state index contributed by atoms with van der Waals surface area (Å²) in [4.78, 5) is 12.4. The molecule has 0 heterocycles. The van der Waals surface area contributed by atoms with Gasteiger partial charge in [0.15, 0.2) is 0 Å². The van der Waals surface area contributed by atoms with Gasteiger partial charge in [0, 0.05) is 5.69 Å². The molecule has 0 aromatic heterocycles. The lowest BCUT2D eigenvalue weighted by Crippen LogP contribution is -2.17. The molecule has 0 aliphatic heterocycles. The third kappa shape index (κ3) is 2.77. The summed E-state index contributed by atoms with van der Waals surface area (Å²) < 4.78 is 13.3. The predicted octanol–water partition coefficient (Wildman–Crippen LogP) is 4.31. The molecule has 1 saturated carbocycles. The SMILES string of the molecule is CC(C)=C[C@@H]1[C@@H](C(=O)Nc2cc(F)ccc2C)C1(C)C. The van der Waals surface area contributed by atoms with Gasteiger partial charge in [-0.1, -0.05) is 31.6 Å². The van der Waals surface area contributed by atoms with E-state index in [4.69, 9.17) is 0 Å². The van der Waals surface area contributed by atoms with Crippen LogP contribution in [0.4, 0.5) is 10.1 Å². The normalized spacial score (nSPS) is 23.1. The van der Waals surface area contributed by atoms with Crippen LogP contribution in [0.1, 0.15) is 33.3 Å². The number of carbonyl (C=O) groups is 1. The Kier molecular flexibility index (Phi) is 3.72. The Bertz CT molecular complexity index is 570. The highest BCUT2D eigenvalue weighted by Gasteiger charge is 2.60. The van der Waals surface area contributed by atoms with Crippen molar-refractivity contribution in [2.24, 2.45) is 17.3 Å². The molecular formula is C17H22FNO. The zero-order valence-electron chi connectivity index (χ0n) is 12.8. The van der Waals surface area contributed by atoms with E-state index in [2.05, 4.69) is 25.2 Å². The largest absolute Gasteiger partial charge is 0.325 e. The monoisotopic (exact) mass is 275 g/mol. The average Bonchev–Trinajstić information content (AvgIpc) is 2.84. The van der Waals surface area contributed by atoms with Gasteiger partial charge in [0.2, 0.25) is 5.91 Å². The lowest BCUT2D eigenvalue weighted by molar-refractivity contribution is -0.118. The number of halogens is 1.